The summed E-state index contributed by atoms with van der Waals surface area (Å²) < 4.78 is 7.06. The number of hydrogen-bond donors (Lipinski definition) is 2. The molecule has 0 radical (unpaired) electrons. The fourth-order valence-corrected chi connectivity index (χ4v) is 1.84. The van der Waals surface area contributed by atoms with Gasteiger partial charge in [0.1, 0.15) is 0 Å². The van der Waals surface area contributed by atoms with E-state index in [0.717, 1.165) is 17.1 Å². The number of hydrogen-bond acceptors (Lipinski definition) is 6. The van der Waals surface area contributed by atoms with E-state index in [2.05, 4.69) is 31.0 Å². The highest BCUT2D eigenvalue weighted by Crippen LogP contribution is 2.21. The first kappa shape index (κ1) is 12.5. The van der Waals surface area contributed by atoms with Crippen LogP contribution in [0.15, 0.2) is 0 Å². The maximum absolute atomic E-state index is 5.33. The van der Waals surface area contributed by atoms with Crippen molar-refractivity contribution in [3.63, 3.8) is 0 Å². The van der Waals surface area contributed by atoms with Gasteiger partial charge in [-0.05, 0) is 13.8 Å². The topological polar surface area (TPSA) is 93.5 Å². The van der Waals surface area contributed by atoms with Crippen molar-refractivity contribution >= 4 is 0 Å². The molecule has 0 saturated heterocycles. The number of nitrogens with one attached hydrogen (secondary N) is 2. The van der Waals surface area contributed by atoms with Crippen LogP contribution in [0.25, 0.3) is 0 Å². The van der Waals surface area contributed by atoms with Crippen LogP contribution in [0.3, 0.4) is 0 Å². The zero-order valence-electron chi connectivity index (χ0n) is 10.9. The number of nitrogens with zero attached hydrogens (tertiary/aromatic N) is 5. The van der Waals surface area contributed by atoms with Gasteiger partial charge in [0.05, 0.1) is 24.4 Å². The van der Waals surface area contributed by atoms with Crippen LogP contribution in [-0.4, -0.2) is 37.5 Å². The summed E-state index contributed by atoms with van der Waals surface area (Å²) in [6.07, 6.45) is 0. The molecule has 0 bridgehead atoms. The van der Waals surface area contributed by atoms with Crippen molar-refractivity contribution in [2.75, 3.05) is 7.11 Å². The monoisotopic (exact) mass is 251 g/mol. The summed E-state index contributed by atoms with van der Waals surface area (Å²) >= 11 is 0. The molecule has 2 heterocycles. The molecule has 0 aliphatic heterocycles. The molecular weight excluding hydrogens is 234 g/mol. The van der Waals surface area contributed by atoms with Gasteiger partial charge in [-0.2, -0.15) is 10.3 Å². The van der Waals surface area contributed by atoms with Crippen LogP contribution in [0.5, 0.6) is 5.88 Å². The molecule has 8 nitrogen and oxygen atoms in total. The van der Waals surface area contributed by atoms with Crippen LogP contribution >= 0.6 is 0 Å². The third-order valence-corrected chi connectivity index (χ3v) is 2.82. The largest absolute Gasteiger partial charge is 0.481 e. The molecule has 0 aliphatic rings. The van der Waals surface area contributed by atoms with Crippen LogP contribution in [0.2, 0.25) is 0 Å². The molecule has 0 fully saturated rings. The molecule has 2 aromatic rings. The number of rotatable bonds is 5. The normalized spacial score (nSPS) is 12.7. The fourth-order valence-electron chi connectivity index (χ4n) is 1.84. The molecule has 2 N–H and O–H groups in total. The van der Waals surface area contributed by atoms with Crippen molar-refractivity contribution in [1.29, 1.82) is 0 Å². The van der Waals surface area contributed by atoms with Crippen LogP contribution < -0.4 is 10.1 Å². The molecular formula is C10H17N7O. The van der Waals surface area contributed by atoms with Crippen LogP contribution in [0.4, 0.5) is 0 Å². The number of methoxy groups -OCH3 is 1. The Balaban J connectivity index is 2.06. The highest BCUT2D eigenvalue weighted by Gasteiger charge is 2.16. The average Bonchev–Trinajstić information content (AvgIpc) is 2.94. The van der Waals surface area contributed by atoms with Gasteiger partial charge in [0.15, 0.2) is 5.82 Å². The zero-order chi connectivity index (χ0) is 13.1. The fraction of sp³-hybridized carbons (Fsp3) is 0.600. The van der Waals surface area contributed by atoms with E-state index in [-0.39, 0.29) is 6.04 Å². The standard InChI is InChI=1S/C10H17N7O/c1-6-8(10(18-4)17(3)14-6)5-11-7(2)9-12-15-16-13-9/h7,11H,5H2,1-4H3,(H,12,13,15,16). The first-order chi connectivity index (χ1) is 8.63. The lowest BCUT2D eigenvalue weighted by molar-refractivity contribution is 0.366. The van der Waals surface area contributed by atoms with E-state index in [9.17, 15) is 0 Å². The maximum atomic E-state index is 5.33. The molecule has 8 heteroatoms. The first-order valence-electron chi connectivity index (χ1n) is 5.66. The number of aryl methyl sites for hydroxylation is 2. The minimum Gasteiger partial charge on any atom is -0.481 e. The number of ether oxygens (including phenoxy) is 1. The van der Waals surface area contributed by atoms with Gasteiger partial charge in [0.25, 0.3) is 0 Å². The Hall–Kier alpha value is -1.96. The predicted octanol–water partition coefficient (Wildman–Crippen LogP) is 0.101. The van der Waals surface area contributed by atoms with E-state index in [0.29, 0.717) is 12.4 Å². The van der Waals surface area contributed by atoms with Crippen molar-refractivity contribution in [1.82, 2.24) is 35.7 Å². The zero-order valence-corrected chi connectivity index (χ0v) is 10.9. The molecule has 1 unspecified atom stereocenters. The minimum absolute atomic E-state index is 0.00747. The molecule has 98 valence electrons. The summed E-state index contributed by atoms with van der Waals surface area (Å²) in [6.45, 7) is 4.57. The van der Waals surface area contributed by atoms with E-state index < -0.39 is 0 Å². The summed E-state index contributed by atoms with van der Waals surface area (Å²) in [7, 11) is 3.50. The molecule has 2 aromatic heterocycles. The number of aromatic amines is 1. The average molecular weight is 251 g/mol. The van der Waals surface area contributed by atoms with Crippen LogP contribution in [0.1, 0.15) is 30.0 Å². The molecule has 0 aromatic carbocycles. The second-order valence-corrected chi connectivity index (χ2v) is 4.07. The van der Waals surface area contributed by atoms with Crippen molar-refractivity contribution in [3.05, 3.63) is 17.1 Å². The van der Waals surface area contributed by atoms with E-state index in [1.54, 1.807) is 11.8 Å². The molecule has 0 spiro atoms. The number of H-pyrrole nitrogens is 1. The Bertz CT molecular complexity index is 505. The minimum atomic E-state index is 0.00747. The Kier molecular flexibility index (Phi) is 3.56. The molecule has 0 saturated carbocycles. The lowest BCUT2D eigenvalue weighted by Crippen LogP contribution is -2.20. The summed E-state index contributed by atoms with van der Waals surface area (Å²) in [5.41, 5.74) is 1.98. The van der Waals surface area contributed by atoms with Gasteiger partial charge in [-0.1, -0.05) is 5.21 Å². The van der Waals surface area contributed by atoms with Crippen molar-refractivity contribution in [2.45, 2.75) is 26.4 Å². The van der Waals surface area contributed by atoms with E-state index >= 15 is 0 Å². The second kappa shape index (κ2) is 5.13. The Labute approximate surface area is 105 Å². The van der Waals surface area contributed by atoms with E-state index in [1.807, 2.05) is 20.9 Å². The quantitative estimate of drug-likeness (QED) is 0.783. The smallest absolute Gasteiger partial charge is 0.216 e. The van der Waals surface area contributed by atoms with Gasteiger partial charge in [-0.25, -0.2) is 4.68 Å². The SMILES string of the molecule is COc1c(CNC(C)c2nn[nH]n2)c(C)nn1C. The molecule has 1 atom stereocenters. The Morgan fingerprint density at radius 3 is 2.89 bits per heavy atom. The molecule has 0 amide bonds. The lowest BCUT2D eigenvalue weighted by atomic mass is 10.2. The molecule has 2 rings (SSSR count). The van der Waals surface area contributed by atoms with Gasteiger partial charge in [-0.3, -0.25) is 0 Å². The Morgan fingerprint density at radius 2 is 2.28 bits per heavy atom. The van der Waals surface area contributed by atoms with Crippen LogP contribution in [0, 0.1) is 6.92 Å². The first-order valence-corrected chi connectivity index (χ1v) is 5.66. The highest BCUT2D eigenvalue weighted by molar-refractivity contribution is 5.30. The van der Waals surface area contributed by atoms with Gasteiger partial charge < -0.3 is 10.1 Å². The second-order valence-electron chi connectivity index (χ2n) is 4.07. The highest BCUT2D eigenvalue weighted by atomic mass is 16.5. The number of aromatic nitrogens is 6. The van der Waals surface area contributed by atoms with Crippen molar-refractivity contribution in [3.8, 4) is 5.88 Å². The maximum Gasteiger partial charge on any atom is 0.216 e. The third kappa shape index (κ3) is 2.33. The summed E-state index contributed by atoms with van der Waals surface area (Å²) in [6, 6.07) is 0.00747. The van der Waals surface area contributed by atoms with Crippen molar-refractivity contribution in [2.24, 2.45) is 7.05 Å². The predicted molar refractivity (Wildman–Crippen MR) is 63.9 cm³/mol. The van der Waals surface area contributed by atoms with Crippen molar-refractivity contribution < 1.29 is 4.74 Å². The van der Waals surface area contributed by atoms with E-state index in [1.165, 1.54) is 0 Å². The molecule has 0 aliphatic carbocycles. The third-order valence-electron chi connectivity index (χ3n) is 2.82. The van der Waals surface area contributed by atoms with Crippen LogP contribution in [-0.2, 0) is 13.6 Å². The van der Waals surface area contributed by atoms with E-state index in [4.69, 9.17) is 4.74 Å². The summed E-state index contributed by atoms with van der Waals surface area (Å²) in [4.78, 5) is 0. The van der Waals surface area contributed by atoms with Gasteiger partial charge in [-0.15, -0.1) is 10.2 Å². The van der Waals surface area contributed by atoms with Gasteiger partial charge in [0, 0.05) is 13.6 Å². The number of tetrazole rings is 1. The summed E-state index contributed by atoms with van der Waals surface area (Å²) in [5.74, 6) is 1.40. The summed E-state index contributed by atoms with van der Waals surface area (Å²) in [5, 5.41) is 21.5. The lowest BCUT2D eigenvalue weighted by Gasteiger charge is -2.10. The van der Waals surface area contributed by atoms with Gasteiger partial charge in [0.2, 0.25) is 5.88 Å². The molecule has 18 heavy (non-hydrogen) atoms. The Morgan fingerprint density at radius 1 is 1.50 bits per heavy atom. The van der Waals surface area contributed by atoms with Gasteiger partial charge >= 0.3 is 0 Å².